The van der Waals surface area contributed by atoms with Crippen LogP contribution in [0.5, 0.6) is 0 Å². The molecule has 2 nitrogen and oxygen atoms in total. The van der Waals surface area contributed by atoms with Crippen LogP contribution in [0, 0.1) is 0 Å². The Labute approximate surface area is 124 Å². The molecule has 0 radical (unpaired) electrons. The Balaban J connectivity index is 2.50. The predicted molar refractivity (Wildman–Crippen MR) is 79.4 cm³/mol. The Bertz CT molecular complexity index is 562. The molecule has 1 atom stereocenters. The van der Waals surface area contributed by atoms with Crippen molar-refractivity contribution in [1.82, 2.24) is 4.98 Å². The molecule has 5 heteroatoms. The fourth-order valence-corrected chi connectivity index (χ4v) is 2.68. The Hall–Kier alpha value is -0.350. The molecule has 96 valence electrons. The van der Waals surface area contributed by atoms with Crippen LogP contribution in [0.1, 0.15) is 24.5 Å². The van der Waals surface area contributed by atoms with Crippen LogP contribution in [-0.2, 0) is 0 Å². The van der Waals surface area contributed by atoms with Gasteiger partial charge in [0, 0.05) is 21.9 Å². The lowest BCUT2D eigenvalue weighted by atomic mass is 9.99. The number of hydrogen-bond acceptors (Lipinski definition) is 2. The number of benzene rings is 1. The Morgan fingerprint density at radius 1 is 1.33 bits per heavy atom. The van der Waals surface area contributed by atoms with Gasteiger partial charge in [0.15, 0.2) is 0 Å². The largest absolute Gasteiger partial charge is 0.388 e. The maximum absolute atomic E-state index is 10.2. The van der Waals surface area contributed by atoms with Crippen LogP contribution < -0.4 is 0 Å². The van der Waals surface area contributed by atoms with Crippen LogP contribution in [0.3, 0.4) is 0 Å². The minimum absolute atomic E-state index is 0.423. The van der Waals surface area contributed by atoms with E-state index in [2.05, 4.69) is 20.9 Å². The normalized spacial score (nSPS) is 12.9. The van der Waals surface area contributed by atoms with Crippen molar-refractivity contribution in [2.24, 2.45) is 0 Å². The lowest BCUT2D eigenvalue weighted by Gasteiger charge is -2.14. The van der Waals surface area contributed by atoms with Gasteiger partial charge in [-0.1, -0.05) is 33.6 Å². The quantitative estimate of drug-likeness (QED) is 0.641. The zero-order chi connectivity index (χ0) is 13.1. The van der Waals surface area contributed by atoms with Gasteiger partial charge >= 0.3 is 0 Å². The van der Waals surface area contributed by atoms with Crippen molar-refractivity contribution in [2.75, 3.05) is 5.88 Å². The van der Waals surface area contributed by atoms with Gasteiger partial charge in [0.25, 0.3) is 0 Å². The Morgan fingerprint density at radius 3 is 2.83 bits per heavy atom. The van der Waals surface area contributed by atoms with Crippen molar-refractivity contribution >= 4 is 49.9 Å². The topological polar surface area (TPSA) is 33.1 Å². The second-order valence-electron chi connectivity index (χ2n) is 4.04. The van der Waals surface area contributed by atoms with Crippen LogP contribution in [0.15, 0.2) is 28.9 Å². The van der Waals surface area contributed by atoms with E-state index < -0.39 is 6.10 Å². The molecule has 1 unspecified atom stereocenters. The molecule has 1 aromatic carbocycles. The molecular weight excluding hydrogens is 337 g/mol. The molecule has 1 N–H and O–H groups in total. The monoisotopic (exact) mass is 347 g/mol. The van der Waals surface area contributed by atoms with Crippen molar-refractivity contribution in [1.29, 1.82) is 0 Å². The fourth-order valence-electron chi connectivity index (χ4n) is 1.92. The molecule has 0 fully saturated rings. The summed E-state index contributed by atoms with van der Waals surface area (Å²) in [6, 6.07) is 5.60. The number of aliphatic hydroxyl groups is 1. The number of rotatable bonds is 4. The van der Waals surface area contributed by atoms with Crippen molar-refractivity contribution < 1.29 is 5.11 Å². The summed E-state index contributed by atoms with van der Waals surface area (Å²) in [4.78, 5) is 4.06. The predicted octanol–water partition coefficient (Wildman–Crippen LogP) is 4.70. The molecule has 0 bridgehead atoms. The first-order valence-corrected chi connectivity index (χ1v) is 7.31. The molecule has 1 aromatic heterocycles. The van der Waals surface area contributed by atoms with E-state index >= 15 is 0 Å². The first kappa shape index (κ1) is 14.1. The highest BCUT2D eigenvalue weighted by Crippen LogP contribution is 2.32. The highest BCUT2D eigenvalue weighted by Gasteiger charge is 2.13. The van der Waals surface area contributed by atoms with E-state index in [1.165, 1.54) is 0 Å². The van der Waals surface area contributed by atoms with E-state index in [0.29, 0.717) is 17.5 Å². The summed E-state index contributed by atoms with van der Waals surface area (Å²) in [7, 11) is 0. The van der Waals surface area contributed by atoms with E-state index in [0.717, 1.165) is 27.2 Å². The van der Waals surface area contributed by atoms with Crippen LogP contribution in [0.25, 0.3) is 10.8 Å². The second kappa shape index (κ2) is 6.20. The van der Waals surface area contributed by atoms with Crippen molar-refractivity contribution in [3.63, 3.8) is 0 Å². The molecule has 1 heterocycles. The summed E-state index contributed by atoms with van der Waals surface area (Å²) in [5, 5.41) is 12.5. The molecule has 0 amide bonds. The first-order chi connectivity index (χ1) is 8.63. The number of pyridine rings is 1. The average molecular weight is 349 g/mol. The number of halogens is 3. The molecule has 0 saturated carbocycles. The van der Waals surface area contributed by atoms with Crippen LogP contribution in [0.4, 0.5) is 0 Å². The van der Waals surface area contributed by atoms with E-state index in [1.54, 1.807) is 12.3 Å². The van der Waals surface area contributed by atoms with Crippen LogP contribution >= 0.6 is 39.1 Å². The lowest BCUT2D eigenvalue weighted by Crippen LogP contribution is -1.99. The molecule has 18 heavy (non-hydrogen) atoms. The molecule has 0 spiro atoms. The van der Waals surface area contributed by atoms with Gasteiger partial charge in [-0.2, -0.15) is 0 Å². The molecule has 0 aliphatic heterocycles. The van der Waals surface area contributed by atoms with Gasteiger partial charge in [-0.05, 0) is 35.9 Å². The molecule has 2 aromatic rings. The third kappa shape index (κ3) is 2.97. The van der Waals surface area contributed by atoms with Gasteiger partial charge in [0.05, 0.1) is 6.10 Å². The van der Waals surface area contributed by atoms with Crippen LogP contribution in [0.2, 0.25) is 5.15 Å². The highest BCUT2D eigenvalue weighted by atomic mass is 79.9. The van der Waals surface area contributed by atoms with Crippen LogP contribution in [-0.4, -0.2) is 16.0 Å². The van der Waals surface area contributed by atoms with Crippen molar-refractivity contribution in [2.45, 2.75) is 18.9 Å². The van der Waals surface area contributed by atoms with Gasteiger partial charge in [0.1, 0.15) is 5.15 Å². The lowest BCUT2D eigenvalue weighted by molar-refractivity contribution is 0.168. The van der Waals surface area contributed by atoms with E-state index in [9.17, 15) is 5.11 Å². The molecule has 2 rings (SSSR count). The summed E-state index contributed by atoms with van der Waals surface area (Å²) < 4.78 is 0.940. The maximum atomic E-state index is 10.2. The standard InChI is InChI=1S/C13H12BrCl2NO/c14-11-4-3-8(12(18)2-1-5-15)9-6-13(16)17-7-10(9)11/h3-4,6-7,12,18H,1-2,5H2. The average Bonchev–Trinajstić information content (AvgIpc) is 2.36. The van der Waals surface area contributed by atoms with E-state index in [4.69, 9.17) is 23.2 Å². The van der Waals surface area contributed by atoms with Gasteiger partial charge in [0.2, 0.25) is 0 Å². The van der Waals surface area contributed by atoms with Gasteiger partial charge < -0.3 is 5.11 Å². The number of aromatic nitrogens is 1. The summed E-state index contributed by atoms with van der Waals surface area (Å²) in [6.07, 6.45) is 2.59. The van der Waals surface area contributed by atoms with E-state index in [1.807, 2.05) is 12.1 Å². The zero-order valence-electron chi connectivity index (χ0n) is 9.54. The fraction of sp³-hybridized carbons (Fsp3) is 0.308. The summed E-state index contributed by atoms with van der Waals surface area (Å²) in [5.74, 6) is 0.549. The second-order valence-corrected chi connectivity index (χ2v) is 5.66. The number of hydrogen-bond donors (Lipinski definition) is 1. The minimum atomic E-state index is -0.530. The van der Waals surface area contributed by atoms with E-state index in [-0.39, 0.29) is 0 Å². The number of aliphatic hydroxyl groups excluding tert-OH is 1. The molecule has 0 aliphatic carbocycles. The number of fused-ring (bicyclic) bond motifs is 1. The number of alkyl halides is 1. The van der Waals surface area contributed by atoms with Crippen molar-refractivity contribution in [3.05, 3.63) is 39.6 Å². The highest BCUT2D eigenvalue weighted by molar-refractivity contribution is 9.10. The third-order valence-corrected chi connectivity index (χ3v) is 3.98. The first-order valence-electron chi connectivity index (χ1n) is 5.61. The maximum Gasteiger partial charge on any atom is 0.129 e. The smallest absolute Gasteiger partial charge is 0.129 e. The molecule has 0 saturated heterocycles. The summed E-state index contributed by atoms with van der Waals surface area (Å²) >= 11 is 15.0. The van der Waals surface area contributed by atoms with Gasteiger partial charge in [-0.25, -0.2) is 4.98 Å². The number of nitrogens with zero attached hydrogens (tertiary/aromatic N) is 1. The van der Waals surface area contributed by atoms with Gasteiger partial charge in [-0.15, -0.1) is 11.6 Å². The van der Waals surface area contributed by atoms with Crippen molar-refractivity contribution in [3.8, 4) is 0 Å². The van der Waals surface area contributed by atoms with Gasteiger partial charge in [-0.3, -0.25) is 0 Å². The third-order valence-electron chi connectivity index (χ3n) is 2.82. The molecule has 0 aliphatic rings. The summed E-state index contributed by atoms with van der Waals surface area (Å²) in [5.41, 5.74) is 0.864. The Kier molecular flexibility index (Phi) is 4.84. The SMILES string of the molecule is OC(CCCCl)c1ccc(Br)c2cnc(Cl)cc12. The minimum Gasteiger partial charge on any atom is -0.388 e. The molecular formula is C13H12BrCl2NO. The Morgan fingerprint density at radius 2 is 2.11 bits per heavy atom. The summed E-state index contributed by atoms with van der Waals surface area (Å²) in [6.45, 7) is 0. The zero-order valence-corrected chi connectivity index (χ0v) is 12.6.